The van der Waals surface area contributed by atoms with Gasteiger partial charge in [-0.1, -0.05) is 73.7 Å². The number of nitrogens with one attached hydrogen (secondary N) is 1. The maximum absolute atomic E-state index is 11.9. The van der Waals surface area contributed by atoms with Crippen LogP contribution in [0.2, 0.25) is 0 Å². The first-order chi connectivity index (χ1) is 15.7. The fourth-order valence-electron chi connectivity index (χ4n) is 3.59. The van der Waals surface area contributed by atoms with Crippen molar-refractivity contribution in [2.24, 2.45) is 0 Å². The van der Waals surface area contributed by atoms with E-state index in [0.29, 0.717) is 18.5 Å². The first-order valence-electron chi connectivity index (χ1n) is 10.6. The zero-order valence-corrected chi connectivity index (χ0v) is 17.9. The Labute approximate surface area is 188 Å². The molecule has 0 bridgehead atoms. The number of nitrogens with zero attached hydrogens (tertiary/aromatic N) is 2. The van der Waals surface area contributed by atoms with Gasteiger partial charge in [-0.2, -0.15) is 5.26 Å². The van der Waals surface area contributed by atoms with Gasteiger partial charge < -0.3 is 5.32 Å². The SMILES string of the molecule is CCC(=O)c1cccc(NCc2ccc(-c3ncc(C#N)cc3-c3ccccc3)cc2)c1. The number of Topliss-reactive ketones (excluding diaryl/α,β-unsaturated/α-hetero) is 1. The summed E-state index contributed by atoms with van der Waals surface area (Å²) in [5.74, 6) is 0.141. The van der Waals surface area contributed by atoms with Crippen LogP contribution < -0.4 is 5.32 Å². The fraction of sp³-hybridized carbons (Fsp3) is 0.107. The number of aromatic nitrogens is 1. The quantitative estimate of drug-likeness (QED) is 0.349. The second-order valence-electron chi connectivity index (χ2n) is 7.51. The molecule has 0 saturated heterocycles. The molecule has 0 aliphatic heterocycles. The zero-order chi connectivity index (χ0) is 22.3. The van der Waals surface area contributed by atoms with Gasteiger partial charge in [-0.15, -0.1) is 0 Å². The van der Waals surface area contributed by atoms with E-state index < -0.39 is 0 Å². The Kier molecular flexibility index (Phi) is 6.38. The summed E-state index contributed by atoms with van der Waals surface area (Å²) in [6.45, 7) is 2.52. The number of ketones is 1. The molecule has 0 unspecified atom stereocenters. The lowest BCUT2D eigenvalue weighted by Gasteiger charge is -2.11. The summed E-state index contributed by atoms with van der Waals surface area (Å²) < 4.78 is 0. The maximum Gasteiger partial charge on any atom is 0.162 e. The fourth-order valence-corrected chi connectivity index (χ4v) is 3.59. The summed E-state index contributed by atoms with van der Waals surface area (Å²) >= 11 is 0. The molecule has 0 atom stereocenters. The molecule has 4 nitrogen and oxygen atoms in total. The third-order valence-corrected chi connectivity index (χ3v) is 5.33. The standard InChI is InChI=1S/C28H23N3O/c1-2-27(32)24-9-6-10-25(16-24)30-18-20-11-13-23(14-12-20)28-26(15-21(17-29)19-31-28)22-7-4-3-5-8-22/h3-16,19,30H,2,18H2,1H3. The topological polar surface area (TPSA) is 65.8 Å². The summed E-state index contributed by atoms with van der Waals surface area (Å²) in [6, 6.07) is 29.9. The van der Waals surface area contributed by atoms with E-state index in [9.17, 15) is 10.1 Å². The van der Waals surface area contributed by atoms with Crippen molar-refractivity contribution in [3.05, 3.63) is 108 Å². The Morgan fingerprint density at radius 3 is 2.44 bits per heavy atom. The number of benzene rings is 3. The van der Waals surface area contributed by atoms with Crippen LogP contribution in [0.3, 0.4) is 0 Å². The average molecular weight is 418 g/mol. The molecule has 4 rings (SSSR count). The molecule has 4 heteroatoms. The molecule has 32 heavy (non-hydrogen) atoms. The number of carbonyl (C=O) groups is 1. The lowest BCUT2D eigenvalue weighted by atomic mass is 9.97. The van der Waals surface area contributed by atoms with Gasteiger partial charge in [-0.25, -0.2) is 0 Å². The number of rotatable bonds is 7. The number of hydrogen-bond donors (Lipinski definition) is 1. The van der Waals surface area contributed by atoms with Crippen molar-refractivity contribution < 1.29 is 4.79 Å². The van der Waals surface area contributed by atoms with Gasteiger partial charge in [0.2, 0.25) is 0 Å². The minimum absolute atomic E-state index is 0.141. The molecule has 1 aromatic heterocycles. The Hall–Kier alpha value is -4.23. The lowest BCUT2D eigenvalue weighted by Crippen LogP contribution is -2.02. The van der Waals surface area contributed by atoms with Crippen molar-refractivity contribution in [1.82, 2.24) is 4.98 Å². The van der Waals surface area contributed by atoms with Crippen LogP contribution in [-0.2, 0) is 6.54 Å². The van der Waals surface area contributed by atoms with Crippen LogP contribution in [0.1, 0.15) is 34.8 Å². The normalized spacial score (nSPS) is 10.4. The first kappa shape index (κ1) is 21.0. The van der Waals surface area contributed by atoms with Crippen molar-refractivity contribution >= 4 is 11.5 Å². The van der Waals surface area contributed by atoms with E-state index in [-0.39, 0.29) is 5.78 Å². The summed E-state index contributed by atoms with van der Waals surface area (Å²) in [4.78, 5) is 16.5. The molecular weight excluding hydrogens is 394 g/mol. The molecule has 1 heterocycles. The molecule has 3 aromatic carbocycles. The highest BCUT2D eigenvalue weighted by Crippen LogP contribution is 2.31. The third-order valence-electron chi connectivity index (χ3n) is 5.33. The molecule has 0 aliphatic carbocycles. The highest BCUT2D eigenvalue weighted by atomic mass is 16.1. The highest BCUT2D eigenvalue weighted by Gasteiger charge is 2.11. The molecule has 0 fully saturated rings. The van der Waals surface area contributed by atoms with Gasteiger partial charge in [0.25, 0.3) is 0 Å². The van der Waals surface area contributed by atoms with E-state index >= 15 is 0 Å². The number of pyridine rings is 1. The monoisotopic (exact) mass is 417 g/mol. The Morgan fingerprint density at radius 1 is 0.938 bits per heavy atom. The van der Waals surface area contributed by atoms with E-state index in [0.717, 1.165) is 39.2 Å². The Balaban J connectivity index is 1.55. The largest absolute Gasteiger partial charge is 0.381 e. The van der Waals surface area contributed by atoms with Crippen molar-refractivity contribution in [1.29, 1.82) is 5.26 Å². The predicted molar refractivity (Wildman–Crippen MR) is 128 cm³/mol. The van der Waals surface area contributed by atoms with Gasteiger partial charge >= 0.3 is 0 Å². The second kappa shape index (κ2) is 9.72. The Morgan fingerprint density at radius 2 is 1.72 bits per heavy atom. The minimum atomic E-state index is 0.141. The minimum Gasteiger partial charge on any atom is -0.381 e. The molecule has 4 aromatic rings. The van der Waals surface area contributed by atoms with E-state index in [1.165, 1.54) is 0 Å². The van der Waals surface area contributed by atoms with Crippen LogP contribution in [-0.4, -0.2) is 10.8 Å². The molecule has 0 saturated carbocycles. The smallest absolute Gasteiger partial charge is 0.162 e. The maximum atomic E-state index is 11.9. The molecule has 0 spiro atoms. The van der Waals surface area contributed by atoms with Gasteiger partial charge in [0.15, 0.2) is 5.78 Å². The van der Waals surface area contributed by atoms with Crippen LogP contribution in [0.4, 0.5) is 5.69 Å². The molecule has 0 aliphatic rings. The van der Waals surface area contributed by atoms with Crippen molar-refractivity contribution in [2.75, 3.05) is 5.32 Å². The number of anilines is 1. The summed E-state index contributed by atoms with van der Waals surface area (Å²) in [5.41, 5.74) is 7.12. The first-order valence-corrected chi connectivity index (χ1v) is 10.6. The van der Waals surface area contributed by atoms with Gasteiger partial charge in [0.1, 0.15) is 6.07 Å². The predicted octanol–water partition coefficient (Wildman–Crippen LogP) is 6.49. The summed E-state index contributed by atoms with van der Waals surface area (Å²) in [5, 5.41) is 12.7. The van der Waals surface area contributed by atoms with Crippen LogP contribution in [0, 0.1) is 11.3 Å². The molecular formula is C28H23N3O. The molecule has 0 amide bonds. The van der Waals surface area contributed by atoms with E-state index in [4.69, 9.17) is 0 Å². The number of carbonyl (C=O) groups excluding carboxylic acids is 1. The molecule has 0 radical (unpaired) electrons. The van der Waals surface area contributed by atoms with Gasteiger partial charge in [0.05, 0.1) is 11.3 Å². The van der Waals surface area contributed by atoms with E-state index in [2.05, 4.69) is 40.6 Å². The van der Waals surface area contributed by atoms with Gasteiger partial charge in [0, 0.05) is 41.5 Å². The van der Waals surface area contributed by atoms with Crippen LogP contribution in [0.15, 0.2) is 91.1 Å². The van der Waals surface area contributed by atoms with Crippen molar-refractivity contribution in [2.45, 2.75) is 19.9 Å². The summed E-state index contributed by atoms with van der Waals surface area (Å²) in [6.07, 6.45) is 2.11. The van der Waals surface area contributed by atoms with Crippen molar-refractivity contribution in [3.63, 3.8) is 0 Å². The Bertz CT molecular complexity index is 1270. The highest BCUT2D eigenvalue weighted by molar-refractivity contribution is 5.96. The number of nitriles is 1. The number of hydrogen-bond acceptors (Lipinski definition) is 4. The lowest BCUT2D eigenvalue weighted by molar-refractivity contribution is 0.0988. The van der Waals surface area contributed by atoms with Crippen LogP contribution in [0.25, 0.3) is 22.4 Å². The molecule has 156 valence electrons. The van der Waals surface area contributed by atoms with Crippen molar-refractivity contribution in [3.8, 4) is 28.5 Å². The second-order valence-corrected chi connectivity index (χ2v) is 7.51. The summed E-state index contributed by atoms with van der Waals surface area (Å²) in [7, 11) is 0. The van der Waals surface area contributed by atoms with Gasteiger partial charge in [-0.3, -0.25) is 9.78 Å². The average Bonchev–Trinajstić information content (AvgIpc) is 2.87. The van der Waals surface area contributed by atoms with Crippen LogP contribution >= 0.6 is 0 Å². The third kappa shape index (κ3) is 4.74. The van der Waals surface area contributed by atoms with E-state index in [1.54, 1.807) is 6.20 Å². The van der Waals surface area contributed by atoms with E-state index in [1.807, 2.05) is 67.6 Å². The van der Waals surface area contributed by atoms with Gasteiger partial charge in [-0.05, 0) is 29.3 Å². The van der Waals surface area contributed by atoms with Crippen LogP contribution in [0.5, 0.6) is 0 Å². The molecule has 1 N–H and O–H groups in total. The zero-order valence-electron chi connectivity index (χ0n) is 17.9.